The SMILES string of the molecule is NCc1cccc(NC(=O)CN2CCCCC(NC(=O)c3cccc(Oc4ccccc4)c3)C2=O)c1. The van der Waals surface area contributed by atoms with Crippen LogP contribution >= 0.6 is 0 Å². The number of amides is 3. The van der Waals surface area contributed by atoms with Crippen molar-refractivity contribution in [1.82, 2.24) is 10.2 Å². The average molecular weight is 487 g/mol. The molecule has 4 rings (SSSR count). The summed E-state index contributed by atoms with van der Waals surface area (Å²) in [5, 5.41) is 5.68. The highest BCUT2D eigenvalue weighted by atomic mass is 16.5. The number of para-hydroxylation sites is 1. The third-order valence-electron chi connectivity index (χ3n) is 5.94. The molecule has 1 heterocycles. The van der Waals surface area contributed by atoms with Crippen molar-refractivity contribution >= 4 is 23.4 Å². The van der Waals surface area contributed by atoms with Crippen molar-refractivity contribution in [3.8, 4) is 11.5 Å². The molecular weight excluding hydrogens is 456 g/mol. The standard InChI is InChI=1S/C28H30N4O4/c29-18-20-8-6-10-22(16-20)30-26(33)19-32-15-5-4-14-25(28(32)35)31-27(34)21-9-7-13-24(17-21)36-23-11-2-1-3-12-23/h1-3,6-13,16-17,25H,4-5,14-15,18-19,29H2,(H,30,33)(H,31,34). The first kappa shape index (κ1) is 24.9. The van der Waals surface area contributed by atoms with Crippen LogP contribution in [-0.2, 0) is 16.1 Å². The zero-order valence-corrected chi connectivity index (χ0v) is 20.0. The van der Waals surface area contributed by atoms with E-state index in [2.05, 4.69) is 10.6 Å². The van der Waals surface area contributed by atoms with Crippen molar-refractivity contribution in [2.24, 2.45) is 5.73 Å². The molecular formula is C28H30N4O4. The van der Waals surface area contributed by atoms with Gasteiger partial charge in [0.05, 0.1) is 6.54 Å². The number of nitrogens with zero attached hydrogens (tertiary/aromatic N) is 1. The number of nitrogens with two attached hydrogens (primary N) is 1. The molecule has 3 aromatic rings. The Bertz CT molecular complexity index is 1210. The summed E-state index contributed by atoms with van der Waals surface area (Å²) in [7, 11) is 0. The summed E-state index contributed by atoms with van der Waals surface area (Å²) in [5.41, 5.74) is 7.59. The molecule has 0 saturated carbocycles. The number of nitrogens with one attached hydrogen (secondary N) is 2. The van der Waals surface area contributed by atoms with Gasteiger partial charge >= 0.3 is 0 Å². The van der Waals surface area contributed by atoms with Crippen LogP contribution in [0.3, 0.4) is 0 Å². The van der Waals surface area contributed by atoms with E-state index >= 15 is 0 Å². The highest BCUT2D eigenvalue weighted by Gasteiger charge is 2.29. The maximum atomic E-state index is 13.2. The molecule has 1 fully saturated rings. The topological polar surface area (TPSA) is 114 Å². The van der Waals surface area contributed by atoms with E-state index in [1.54, 1.807) is 36.4 Å². The number of carbonyl (C=O) groups excluding carboxylic acids is 3. The van der Waals surface area contributed by atoms with Crippen LogP contribution in [0.1, 0.15) is 35.2 Å². The molecule has 0 bridgehead atoms. The fourth-order valence-corrected chi connectivity index (χ4v) is 4.11. The molecule has 0 spiro atoms. The molecule has 1 aliphatic heterocycles. The van der Waals surface area contributed by atoms with Gasteiger partial charge in [0.2, 0.25) is 11.8 Å². The molecule has 1 saturated heterocycles. The van der Waals surface area contributed by atoms with Gasteiger partial charge in [-0.15, -0.1) is 0 Å². The van der Waals surface area contributed by atoms with Crippen LogP contribution in [0, 0.1) is 0 Å². The van der Waals surface area contributed by atoms with Gasteiger partial charge in [0.25, 0.3) is 5.91 Å². The van der Waals surface area contributed by atoms with Crippen LogP contribution in [0.25, 0.3) is 0 Å². The van der Waals surface area contributed by atoms with Crippen LogP contribution in [0.5, 0.6) is 11.5 Å². The van der Waals surface area contributed by atoms with Crippen molar-refractivity contribution in [3.05, 3.63) is 90.0 Å². The molecule has 3 amide bonds. The number of hydrogen-bond donors (Lipinski definition) is 3. The molecule has 0 aliphatic carbocycles. The number of rotatable bonds is 8. The maximum Gasteiger partial charge on any atom is 0.252 e. The monoisotopic (exact) mass is 486 g/mol. The van der Waals surface area contributed by atoms with Gasteiger partial charge in [0.1, 0.15) is 17.5 Å². The predicted octanol–water partition coefficient (Wildman–Crippen LogP) is 3.69. The molecule has 8 nitrogen and oxygen atoms in total. The smallest absolute Gasteiger partial charge is 0.252 e. The van der Waals surface area contributed by atoms with Gasteiger partial charge in [-0.1, -0.05) is 36.4 Å². The van der Waals surface area contributed by atoms with Crippen molar-refractivity contribution in [2.75, 3.05) is 18.4 Å². The van der Waals surface area contributed by atoms with Gasteiger partial charge in [0.15, 0.2) is 0 Å². The molecule has 1 unspecified atom stereocenters. The van der Waals surface area contributed by atoms with Crippen LogP contribution < -0.4 is 21.1 Å². The number of anilines is 1. The average Bonchev–Trinajstić information content (AvgIpc) is 3.06. The molecule has 8 heteroatoms. The highest BCUT2D eigenvalue weighted by molar-refractivity contribution is 5.99. The largest absolute Gasteiger partial charge is 0.457 e. The van der Waals surface area contributed by atoms with Crippen LogP contribution in [0.2, 0.25) is 0 Å². The summed E-state index contributed by atoms with van der Waals surface area (Å²) < 4.78 is 5.82. The molecule has 0 radical (unpaired) electrons. The van der Waals surface area contributed by atoms with Gasteiger partial charge in [-0.2, -0.15) is 0 Å². The molecule has 36 heavy (non-hydrogen) atoms. The Morgan fingerprint density at radius 3 is 2.53 bits per heavy atom. The van der Waals surface area contributed by atoms with Gasteiger partial charge in [0, 0.05) is 24.3 Å². The van der Waals surface area contributed by atoms with Crippen LogP contribution in [0.4, 0.5) is 5.69 Å². The lowest BCUT2D eigenvalue weighted by atomic mass is 10.1. The van der Waals surface area contributed by atoms with Gasteiger partial charge in [-0.05, 0) is 67.3 Å². The van der Waals surface area contributed by atoms with E-state index in [4.69, 9.17) is 10.5 Å². The Hall–Kier alpha value is -4.17. The van der Waals surface area contributed by atoms with Gasteiger partial charge < -0.3 is 26.0 Å². The molecule has 1 aliphatic rings. The second kappa shape index (κ2) is 12.0. The minimum Gasteiger partial charge on any atom is -0.457 e. The Balaban J connectivity index is 1.38. The Morgan fingerprint density at radius 2 is 1.72 bits per heavy atom. The molecule has 1 atom stereocenters. The zero-order chi connectivity index (χ0) is 25.3. The van der Waals surface area contributed by atoms with Crippen LogP contribution in [0.15, 0.2) is 78.9 Å². The fraction of sp³-hybridized carbons (Fsp3) is 0.250. The number of carbonyl (C=O) groups is 3. The normalized spacial score (nSPS) is 15.6. The minimum atomic E-state index is -0.702. The summed E-state index contributed by atoms with van der Waals surface area (Å²) in [5.74, 6) is 0.270. The van der Waals surface area contributed by atoms with E-state index in [-0.39, 0.29) is 24.3 Å². The summed E-state index contributed by atoms with van der Waals surface area (Å²) in [6.07, 6.45) is 2.04. The number of likely N-dealkylation sites (tertiary alicyclic amines) is 1. The van der Waals surface area contributed by atoms with Crippen molar-refractivity contribution in [3.63, 3.8) is 0 Å². The first-order valence-corrected chi connectivity index (χ1v) is 12.0. The molecule has 186 valence electrons. The summed E-state index contributed by atoms with van der Waals surface area (Å²) >= 11 is 0. The van der Waals surface area contributed by atoms with Crippen molar-refractivity contribution in [2.45, 2.75) is 31.8 Å². The van der Waals surface area contributed by atoms with Crippen LogP contribution in [-0.4, -0.2) is 41.8 Å². The Labute approximate surface area is 210 Å². The Morgan fingerprint density at radius 1 is 0.944 bits per heavy atom. The predicted molar refractivity (Wildman–Crippen MR) is 138 cm³/mol. The lowest BCUT2D eigenvalue weighted by molar-refractivity contribution is -0.135. The van der Waals surface area contributed by atoms with E-state index in [0.717, 1.165) is 18.4 Å². The Kier molecular flexibility index (Phi) is 8.31. The van der Waals surface area contributed by atoms with Gasteiger partial charge in [-0.25, -0.2) is 0 Å². The summed E-state index contributed by atoms with van der Waals surface area (Å²) in [6.45, 7) is 0.747. The van der Waals surface area contributed by atoms with E-state index in [9.17, 15) is 14.4 Å². The first-order valence-electron chi connectivity index (χ1n) is 12.0. The highest BCUT2D eigenvalue weighted by Crippen LogP contribution is 2.22. The molecule has 3 aromatic carbocycles. The third kappa shape index (κ3) is 6.70. The third-order valence-corrected chi connectivity index (χ3v) is 5.94. The first-order chi connectivity index (χ1) is 17.5. The van der Waals surface area contributed by atoms with Crippen molar-refractivity contribution in [1.29, 1.82) is 0 Å². The van der Waals surface area contributed by atoms with E-state index in [0.29, 0.717) is 42.3 Å². The fourth-order valence-electron chi connectivity index (χ4n) is 4.11. The second-order valence-electron chi connectivity index (χ2n) is 8.68. The van der Waals surface area contributed by atoms with E-state index < -0.39 is 6.04 Å². The summed E-state index contributed by atoms with van der Waals surface area (Å²) in [4.78, 5) is 40.3. The quantitative estimate of drug-likeness (QED) is 0.449. The lowest BCUT2D eigenvalue weighted by Crippen LogP contribution is -2.49. The molecule has 4 N–H and O–H groups in total. The number of benzene rings is 3. The maximum absolute atomic E-state index is 13.2. The number of ether oxygens (including phenoxy) is 1. The molecule has 0 aromatic heterocycles. The van der Waals surface area contributed by atoms with Crippen molar-refractivity contribution < 1.29 is 19.1 Å². The minimum absolute atomic E-state index is 0.0849. The summed E-state index contributed by atoms with van der Waals surface area (Å²) in [6, 6.07) is 22.7. The second-order valence-corrected chi connectivity index (χ2v) is 8.68. The zero-order valence-electron chi connectivity index (χ0n) is 20.0. The van der Waals surface area contributed by atoms with E-state index in [1.807, 2.05) is 42.5 Å². The number of hydrogen-bond acceptors (Lipinski definition) is 5. The lowest BCUT2D eigenvalue weighted by Gasteiger charge is -2.24. The van der Waals surface area contributed by atoms with E-state index in [1.165, 1.54) is 4.90 Å². The van der Waals surface area contributed by atoms with Gasteiger partial charge in [-0.3, -0.25) is 14.4 Å².